The minimum Gasteiger partial charge on any atom is -0.341 e. The zero-order valence-corrected chi connectivity index (χ0v) is 12.4. The lowest BCUT2D eigenvalue weighted by Crippen LogP contribution is -2.05. The lowest BCUT2D eigenvalue weighted by molar-refractivity contribution is -0.385. The van der Waals surface area contributed by atoms with Crippen molar-refractivity contribution >= 4 is 39.7 Å². The number of thioether (sulfide) groups is 1. The molecule has 0 amide bonds. The minimum absolute atomic E-state index is 0.0783. The average molecular weight is 322 g/mol. The predicted molar refractivity (Wildman–Crippen MR) is 87.0 cm³/mol. The molecular weight excluding hydrogens is 311 g/mol. The summed E-state index contributed by atoms with van der Waals surface area (Å²) in [5.41, 5.74) is 1.36. The number of para-hydroxylation sites is 1. The van der Waals surface area contributed by atoms with E-state index in [4.69, 9.17) is 12.2 Å². The summed E-state index contributed by atoms with van der Waals surface area (Å²) in [7, 11) is 0. The van der Waals surface area contributed by atoms with Crippen molar-refractivity contribution in [1.82, 2.24) is 0 Å². The van der Waals surface area contributed by atoms with E-state index < -0.39 is 4.92 Å². The number of nitro benzene ring substituents is 1. The molecular formula is C14H11FN2O2S2. The summed E-state index contributed by atoms with van der Waals surface area (Å²) < 4.78 is 13.3. The molecule has 21 heavy (non-hydrogen) atoms. The molecule has 0 aliphatic carbocycles. The molecule has 0 unspecified atom stereocenters. The lowest BCUT2D eigenvalue weighted by Gasteiger charge is -2.07. The topological polar surface area (TPSA) is 55.2 Å². The highest BCUT2D eigenvalue weighted by Crippen LogP contribution is 2.24. The molecule has 0 radical (unpaired) electrons. The third-order valence-electron chi connectivity index (χ3n) is 2.64. The predicted octanol–water partition coefficient (Wildman–Crippen LogP) is 4.36. The van der Waals surface area contributed by atoms with Crippen LogP contribution < -0.4 is 5.32 Å². The molecule has 1 N–H and O–H groups in total. The van der Waals surface area contributed by atoms with Crippen molar-refractivity contribution in [2.45, 2.75) is 5.75 Å². The average Bonchev–Trinajstić information content (AvgIpc) is 2.48. The molecule has 0 fully saturated rings. The van der Waals surface area contributed by atoms with E-state index in [-0.39, 0.29) is 11.5 Å². The van der Waals surface area contributed by atoms with E-state index >= 15 is 0 Å². The van der Waals surface area contributed by atoms with Crippen molar-refractivity contribution in [3.63, 3.8) is 0 Å². The van der Waals surface area contributed by atoms with E-state index in [1.807, 2.05) is 0 Å². The minimum atomic E-state index is -0.410. The van der Waals surface area contributed by atoms with Crippen molar-refractivity contribution in [2.75, 3.05) is 5.32 Å². The van der Waals surface area contributed by atoms with Crippen LogP contribution in [0, 0.1) is 15.9 Å². The van der Waals surface area contributed by atoms with Gasteiger partial charge in [-0.05, 0) is 24.3 Å². The van der Waals surface area contributed by atoms with Gasteiger partial charge in [-0.2, -0.15) is 0 Å². The Bertz CT molecular complexity index is 662. The second-order valence-corrected chi connectivity index (χ2v) is 5.75. The maximum absolute atomic E-state index is 12.8. The molecule has 0 bridgehead atoms. The van der Waals surface area contributed by atoms with E-state index in [2.05, 4.69) is 5.32 Å². The lowest BCUT2D eigenvalue weighted by atomic mass is 10.2. The smallest absolute Gasteiger partial charge is 0.273 e. The molecule has 2 aromatic carbocycles. The number of anilines is 1. The summed E-state index contributed by atoms with van der Waals surface area (Å²) in [6, 6.07) is 12.4. The quantitative estimate of drug-likeness (QED) is 0.515. The second kappa shape index (κ2) is 7.14. The first-order valence-corrected chi connectivity index (χ1v) is 7.37. The molecule has 0 atom stereocenters. The van der Waals surface area contributed by atoms with Crippen LogP contribution in [0.25, 0.3) is 0 Å². The van der Waals surface area contributed by atoms with Crippen LogP contribution in [0.2, 0.25) is 0 Å². The van der Waals surface area contributed by atoms with Gasteiger partial charge in [0.25, 0.3) is 5.69 Å². The highest BCUT2D eigenvalue weighted by atomic mass is 32.2. The number of hydrogen-bond acceptors (Lipinski definition) is 4. The van der Waals surface area contributed by atoms with E-state index in [1.54, 1.807) is 30.3 Å². The first-order valence-electron chi connectivity index (χ1n) is 5.98. The molecule has 108 valence electrons. The number of nitrogens with one attached hydrogen (secondary N) is 1. The molecule has 4 nitrogen and oxygen atoms in total. The van der Waals surface area contributed by atoms with Crippen LogP contribution in [0.5, 0.6) is 0 Å². The Morgan fingerprint density at radius 2 is 1.90 bits per heavy atom. The summed E-state index contributed by atoms with van der Waals surface area (Å²) in [4.78, 5) is 10.5. The summed E-state index contributed by atoms with van der Waals surface area (Å²) in [6.45, 7) is 0. The Kier molecular flexibility index (Phi) is 5.24. The molecule has 0 aromatic heterocycles. The summed E-state index contributed by atoms with van der Waals surface area (Å²) >= 11 is 6.45. The van der Waals surface area contributed by atoms with Crippen molar-refractivity contribution in [3.05, 3.63) is 70.0 Å². The molecule has 0 heterocycles. The molecule has 0 spiro atoms. The fourth-order valence-electron chi connectivity index (χ4n) is 1.64. The molecule has 2 rings (SSSR count). The van der Waals surface area contributed by atoms with Gasteiger partial charge < -0.3 is 5.32 Å². The Hall–Kier alpha value is -1.99. The van der Waals surface area contributed by atoms with Gasteiger partial charge in [0.1, 0.15) is 10.1 Å². The van der Waals surface area contributed by atoms with Gasteiger partial charge >= 0.3 is 0 Å². The van der Waals surface area contributed by atoms with Crippen LogP contribution in [0.3, 0.4) is 0 Å². The van der Waals surface area contributed by atoms with Gasteiger partial charge in [-0.3, -0.25) is 10.1 Å². The van der Waals surface area contributed by atoms with Gasteiger partial charge in [0.2, 0.25) is 0 Å². The molecule has 0 saturated heterocycles. The summed E-state index contributed by atoms with van der Waals surface area (Å²) in [6.07, 6.45) is 0. The zero-order valence-electron chi connectivity index (χ0n) is 10.8. The molecule has 0 aliphatic heterocycles. The monoisotopic (exact) mass is 322 g/mol. The molecule has 0 saturated carbocycles. The van der Waals surface area contributed by atoms with Gasteiger partial charge in [0.15, 0.2) is 0 Å². The summed E-state index contributed by atoms with van der Waals surface area (Å²) in [5, 5.41) is 13.8. The Labute approximate surface area is 130 Å². The first kappa shape index (κ1) is 15.4. The van der Waals surface area contributed by atoms with E-state index in [1.165, 1.54) is 30.0 Å². The molecule has 7 heteroatoms. The number of hydrogen-bond donors (Lipinski definition) is 1. The number of nitro groups is 1. The number of benzene rings is 2. The maximum atomic E-state index is 12.8. The van der Waals surface area contributed by atoms with Gasteiger partial charge in [0, 0.05) is 23.1 Å². The van der Waals surface area contributed by atoms with Crippen molar-refractivity contribution in [2.24, 2.45) is 0 Å². The summed E-state index contributed by atoms with van der Waals surface area (Å²) in [5.74, 6) is 0.0727. The Balaban J connectivity index is 1.95. The highest BCUT2D eigenvalue weighted by Gasteiger charge is 2.12. The van der Waals surface area contributed by atoms with Crippen molar-refractivity contribution in [1.29, 1.82) is 0 Å². The Morgan fingerprint density at radius 1 is 1.24 bits per heavy atom. The van der Waals surface area contributed by atoms with Crippen molar-refractivity contribution < 1.29 is 9.31 Å². The van der Waals surface area contributed by atoms with E-state index in [9.17, 15) is 14.5 Å². The SMILES string of the molecule is O=[N+]([O-])c1ccccc1CSC(=S)Nc1ccc(F)cc1. The zero-order chi connectivity index (χ0) is 15.2. The van der Waals surface area contributed by atoms with Gasteiger partial charge in [-0.1, -0.05) is 42.2 Å². The van der Waals surface area contributed by atoms with Crippen LogP contribution in [0.15, 0.2) is 48.5 Å². The Morgan fingerprint density at radius 3 is 2.57 bits per heavy atom. The van der Waals surface area contributed by atoms with Crippen LogP contribution in [0.4, 0.5) is 15.8 Å². The van der Waals surface area contributed by atoms with Gasteiger partial charge in [-0.15, -0.1) is 0 Å². The number of halogens is 1. The normalized spacial score (nSPS) is 10.1. The van der Waals surface area contributed by atoms with Crippen LogP contribution in [-0.2, 0) is 5.75 Å². The van der Waals surface area contributed by atoms with E-state index in [0.29, 0.717) is 21.3 Å². The van der Waals surface area contributed by atoms with Crippen LogP contribution >= 0.6 is 24.0 Å². The maximum Gasteiger partial charge on any atom is 0.273 e. The van der Waals surface area contributed by atoms with Crippen molar-refractivity contribution in [3.8, 4) is 0 Å². The third kappa shape index (κ3) is 4.51. The van der Waals surface area contributed by atoms with Gasteiger partial charge in [0.05, 0.1) is 4.92 Å². The first-order chi connectivity index (χ1) is 10.1. The molecule has 0 aliphatic rings. The van der Waals surface area contributed by atoms with E-state index in [0.717, 1.165) is 0 Å². The second-order valence-electron chi connectivity index (χ2n) is 4.09. The largest absolute Gasteiger partial charge is 0.341 e. The van der Waals surface area contributed by atoms with Crippen LogP contribution in [-0.4, -0.2) is 9.24 Å². The van der Waals surface area contributed by atoms with Crippen LogP contribution in [0.1, 0.15) is 5.56 Å². The number of nitrogens with zero attached hydrogens (tertiary/aromatic N) is 1. The van der Waals surface area contributed by atoms with Gasteiger partial charge in [-0.25, -0.2) is 4.39 Å². The fourth-order valence-corrected chi connectivity index (χ4v) is 2.66. The third-order valence-corrected chi connectivity index (χ3v) is 3.91. The number of thiocarbonyl (C=S) groups is 1. The highest BCUT2D eigenvalue weighted by molar-refractivity contribution is 8.22. The standard InChI is InChI=1S/C14H11FN2O2S2/c15-11-5-7-12(8-6-11)16-14(20)21-9-10-3-1-2-4-13(10)17(18)19/h1-8H,9H2,(H,16,20). The fraction of sp³-hybridized carbons (Fsp3) is 0.0714. The number of rotatable bonds is 4. The molecule has 2 aromatic rings.